The molecule has 2 aromatic rings. The SMILES string of the molecule is Cc1cccc(N2CCN(Cc3cc(C(C)(C)C)c(O)c(C(C)(C)C)c3)CC2)c1C.O=C(O)C(=O)O. The number of piperazine rings is 1. The van der Waals surface area contributed by atoms with Crippen molar-refractivity contribution in [3.05, 3.63) is 58.1 Å². The van der Waals surface area contributed by atoms with Gasteiger partial charge < -0.3 is 20.2 Å². The van der Waals surface area contributed by atoms with E-state index >= 15 is 0 Å². The number of benzene rings is 2. The van der Waals surface area contributed by atoms with E-state index in [4.69, 9.17) is 19.8 Å². The lowest BCUT2D eigenvalue weighted by atomic mass is 9.78. The van der Waals surface area contributed by atoms with Gasteiger partial charge >= 0.3 is 11.9 Å². The van der Waals surface area contributed by atoms with Gasteiger partial charge in [0.15, 0.2) is 0 Å². The molecule has 1 saturated heterocycles. The quantitative estimate of drug-likeness (QED) is 0.507. The number of carboxylic acid groups (broad SMARTS) is 2. The number of phenols is 1. The van der Waals surface area contributed by atoms with Crippen LogP contribution >= 0.6 is 0 Å². The minimum absolute atomic E-state index is 0.0819. The fraction of sp³-hybridized carbons (Fsp3) is 0.517. The average Bonchev–Trinajstić information content (AvgIpc) is 2.76. The monoisotopic (exact) mass is 498 g/mol. The van der Waals surface area contributed by atoms with Gasteiger partial charge in [-0.15, -0.1) is 0 Å². The third-order valence-corrected chi connectivity index (χ3v) is 6.66. The molecular formula is C29H42N2O5. The van der Waals surface area contributed by atoms with Crippen LogP contribution in [0.25, 0.3) is 0 Å². The van der Waals surface area contributed by atoms with E-state index in [1.54, 1.807) is 0 Å². The van der Waals surface area contributed by atoms with Crippen LogP contribution in [0.4, 0.5) is 5.69 Å². The lowest BCUT2D eigenvalue weighted by molar-refractivity contribution is -0.159. The van der Waals surface area contributed by atoms with Crippen molar-refractivity contribution < 1.29 is 24.9 Å². The smallest absolute Gasteiger partial charge is 0.414 e. The van der Waals surface area contributed by atoms with E-state index in [2.05, 4.69) is 95.5 Å². The van der Waals surface area contributed by atoms with Crippen LogP contribution in [0.2, 0.25) is 0 Å². The van der Waals surface area contributed by atoms with E-state index < -0.39 is 11.9 Å². The summed E-state index contributed by atoms with van der Waals surface area (Å²) in [6.45, 7) is 22.7. The molecule has 1 aliphatic heterocycles. The van der Waals surface area contributed by atoms with Crippen molar-refractivity contribution in [1.82, 2.24) is 4.90 Å². The predicted molar refractivity (Wildman–Crippen MR) is 144 cm³/mol. The molecule has 0 bridgehead atoms. The Morgan fingerprint density at radius 2 is 1.31 bits per heavy atom. The van der Waals surface area contributed by atoms with Gasteiger partial charge in [0.2, 0.25) is 0 Å². The number of carbonyl (C=O) groups is 2. The maximum Gasteiger partial charge on any atom is 0.414 e. The van der Waals surface area contributed by atoms with Crippen molar-refractivity contribution in [3.63, 3.8) is 0 Å². The first-order chi connectivity index (χ1) is 16.5. The first-order valence-corrected chi connectivity index (χ1v) is 12.4. The molecule has 7 heteroatoms. The first kappa shape index (κ1) is 29.2. The Balaban J connectivity index is 0.000000678. The molecule has 0 aromatic heterocycles. The average molecular weight is 499 g/mol. The second kappa shape index (κ2) is 11.3. The molecule has 198 valence electrons. The number of rotatable bonds is 3. The van der Waals surface area contributed by atoms with Crippen LogP contribution in [0, 0.1) is 13.8 Å². The molecule has 36 heavy (non-hydrogen) atoms. The molecule has 1 heterocycles. The zero-order valence-corrected chi connectivity index (χ0v) is 23.0. The summed E-state index contributed by atoms with van der Waals surface area (Å²) >= 11 is 0. The summed E-state index contributed by atoms with van der Waals surface area (Å²) in [5, 5.41) is 25.8. The highest BCUT2D eigenvalue weighted by Crippen LogP contribution is 2.40. The van der Waals surface area contributed by atoms with Crippen molar-refractivity contribution in [2.75, 3.05) is 31.1 Å². The van der Waals surface area contributed by atoms with E-state index in [1.165, 1.54) is 22.4 Å². The molecule has 0 radical (unpaired) electrons. The second-order valence-electron chi connectivity index (χ2n) is 11.6. The maximum absolute atomic E-state index is 11.0. The van der Waals surface area contributed by atoms with Crippen LogP contribution in [0.15, 0.2) is 30.3 Å². The Kier molecular flexibility index (Phi) is 9.18. The largest absolute Gasteiger partial charge is 0.507 e. The first-order valence-electron chi connectivity index (χ1n) is 12.4. The molecular weight excluding hydrogens is 456 g/mol. The topological polar surface area (TPSA) is 101 Å². The predicted octanol–water partition coefficient (Wildman–Crippen LogP) is 5.08. The van der Waals surface area contributed by atoms with E-state index in [9.17, 15) is 5.11 Å². The third kappa shape index (κ3) is 7.47. The van der Waals surface area contributed by atoms with Crippen LogP contribution in [0.3, 0.4) is 0 Å². The van der Waals surface area contributed by atoms with Gasteiger partial charge in [-0.25, -0.2) is 9.59 Å². The molecule has 3 rings (SSSR count). The fourth-order valence-electron chi connectivity index (χ4n) is 4.41. The fourth-order valence-corrected chi connectivity index (χ4v) is 4.41. The van der Waals surface area contributed by atoms with Crippen LogP contribution in [-0.4, -0.2) is 58.3 Å². The van der Waals surface area contributed by atoms with Crippen LogP contribution in [0.1, 0.15) is 69.4 Å². The number of nitrogens with zero attached hydrogens (tertiary/aromatic N) is 2. The summed E-state index contributed by atoms with van der Waals surface area (Å²) in [5.74, 6) is -3.18. The highest BCUT2D eigenvalue weighted by atomic mass is 16.4. The van der Waals surface area contributed by atoms with Crippen LogP contribution in [-0.2, 0) is 27.0 Å². The number of aryl methyl sites for hydroxylation is 1. The van der Waals surface area contributed by atoms with Crippen molar-refractivity contribution in [3.8, 4) is 5.75 Å². The van der Waals surface area contributed by atoms with Crippen molar-refractivity contribution >= 4 is 17.6 Å². The molecule has 1 aliphatic rings. The normalized spacial score (nSPS) is 14.7. The van der Waals surface area contributed by atoms with Crippen LogP contribution < -0.4 is 4.90 Å². The second-order valence-corrected chi connectivity index (χ2v) is 11.6. The van der Waals surface area contributed by atoms with E-state index in [0.717, 1.165) is 43.9 Å². The number of anilines is 1. The molecule has 0 atom stereocenters. The molecule has 0 saturated carbocycles. The number of carboxylic acids is 2. The van der Waals surface area contributed by atoms with E-state index in [-0.39, 0.29) is 10.8 Å². The molecule has 1 fully saturated rings. The molecule has 2 aromatic carbocycles. The van der Waals surface area contributed by atoms with Crippen molar-refractivity contribution in [2.24, 2.45) is 0 Å². The molecule has 0 amide bonds. The van der Waals surface area contributed by atoms with Gasteiger partial charge in [-0.1, -0.05) is 65.8 Å². The Morgan fingerprint density at radius 1 is 0.833 bits per heavy atom. The van der Waals surface area contributed by atoms with Crippen molar-refractivity contribution in [2.45, 2.75) is 72.8 Å². The van der Waals surface area contributed by atoms with Gasteiger partial charge in [0.25, 0.3) is 0 Å². The molecule has 3 N–H and O–H groups in total. The summed E-state index contributed by atoms with van der Waals surface area (Å²) in [4.78, 5) is 23.3. The summed E-state index contributed by atoms with van der Waals surface area (Å²) < 4.78 is 0. The van der Waals surface area contributed by atoms with Gasteiger partial charge in [0.1, 0.15) is 5.75 Å². The summed E-state index contributed by atoms with van der Waals surface area (Å²) in [5.41, 5.74) is 7.39. The standard InChI is InChI=1S/C27H40N2O.C2H2O4/c1-19-10-9-11-24(20(19)2)29-14-12-28(13-15-29)18-21-16-22(26(3,4)5)25(30)23(17-21)27(6,7)8;3-1(4)2(5)6/h9-11,16-17,30H,12-15,18H2,1-8H3;(H,3,4)(H,5,6). The van der Waals surface area contributed by atoms with Gasteiger partial charge in [0, 0.05) is 38.4 Å². The highest BCUT2D eigenvalue weighted by Gasteiger charge is 2.27. The maximum atomic E-state index is 11.0. The number of hydrogen-bond acceptors (Lipinski definition) is 5. The minimum atomic E-state index is -1.82. The van der Waals surface area contributed by atoms with E-state index in [0.29, 0.717) is 5.75 Å². The summed E-state index contributed by atoms with van der Waals surface area (Å²) in [6.07, 6.45) is 0. The molecule has 7 nitrogen and oxygen atoms in total. The molecule has 0 spiro atoms. The van der Waals surface area contributed by atoms with Gasteiger partial charge in [-0.05, 0) is 58.6 Å². The Hall–Kier alpha value is -3.06. The number of phenolic OH excluding ortho intramolecular Hbond substituents is 1. The lowest BCUT2D eigenvalue weighted by Gasteiger charge is -2.37. The Bertz CT molecular complexity index is 1040. The summed E-state index contributed by atoms with van der Waals surface area (Å²) in [7, 11) is 0. The zero-order chi connectivity index (χ0) is 27.4. The number of hydrogen-bond donors (Lipinski definition) is 3. The highest BCUT2D eigenvalue weighted by molar-refractivity contribution is 6.27. The minimum Gasteiger partial charge on any atom is -0.507 e. The summed E-state index contributed by atoms with van der Waals surface area (Å²) in [6, 6.07) is 11.1. The molecule has 0 unspecified atom stereocenters. The Morgan fingerprint density at radius 3 is 1.72 bits per heavy atom. The van der Waals surface area contributed by atoms with Gasteiger partial charge in [-0.2, -0.15) is 0 Å². The number of aliphatic carboxylic acids is 2. The number of aromatic hydroxyl groups is 1. The zero-order valence-electron chi connectivity index (χ0n) is 23.0. The molecule has 0 aliphatic carbocycles. The van der Waals surface area contributed by atoms with Crippen LogP contribution in [0.5, 0.6) is 5.75 Å². The van der Waals surface area contributed by atoms with E-state index in [1.807, 2.05) is 0 Å². The van der Waals surface area contributed by atoms with Gasteiger partial charge in [0.05, 0.1) is 0 Å². The Labute approximate surface area is 215 Å². The van der Waals surface area contributed by atoms with Gasteiger partial charge in [-0.3, -0.25) is 4.90 Å². The van der Waals surface area contributed by atoms with Crippen molar-refractivity contribution in [1.29, 1.82) is 0 Å². The third-order valence-electron chi connectivity index (χ3n) is 6.66. The lowest BCUT2D eigenvalue weighted by Crippen LogP contribution is -2.46.